The van der Waals surface area contributed by atoms with Crippen molar-refractivity contribution in [3.63, 3.8) is 0 Å². The number of likely N-dealkylation sites (tertiary alicyclic amines) is 1. The maximum atomic E-state index is 13.1. The van der Waals surface area contributed by atoms with Gasteiger partial charge in [-0.3, -0.25) is 18.7 Å². The van der Waals surface area contributed by atoms with E-state index < -0.39 is 5.69 Å². The highest BCUT2D eigenvalue weighted by atomic mass is 19.1. The fraction of sp³-hybridized carbons (Fsp3) is 0.364. The van der Waals surface area contributed by atoms with E-state index in [0.717, 1.165) is 28.7 Å². The molecule has 0 spiro atoms. The number of rotatable bonds is 3. The quantitative estimate of drug-likeness (QED) is 0.659. The number of hydrogen-bond donors (Lipinski definition) is 0. The van der Waals surface area contributed by atoms with Crippen LogP contribution in [-0.4, -0.2) is 38.0 Å². The minimum Gasteiger partial charge on any atom is -0.342 e. The van der Waals surface area contributed by atoms with Gasteiger partial charge in [0.2, 0.25) is 5.91 Å². The minimum atomic E-state index is -0.420. The highest BCUT2D eigenvalue weighted by Gasteiger charge is 2.26. The fourth-order valence-electron chi connectivity index (χ4n) is 4.03. The zero-order chi connectivity index (χ0) is 21.4. The zero-order valence-electron chi connectivity index (χ0n) is 17.0. The number of pyridine rings is 1. The monoisotopic (exact) mass is 410 g/mol. The van der Waals surface area contributed by atoms with E-state index in [1.54, 1.807) is 25.2 Å². The highest BCUT2D eigenvalue weighted by molar-refractivity contribution is 5.79. The van der Waals surface area contributed by atoms with Crippen LogP contribution in [0.1, 0.15) is 30.0 Å². The lowest BCUT2D eigenvalue weighted by Gasteiger charge is -2.32. The maximum absolute atomic E-state index is 13.1. The van der Waals surface area contributed by atoms with Crippen LogP contribution < -0.4 is 11.2 Å². The van der Waals surface area contributed by atoms with Crippen LogP contribution in [0.4, 0.5) is 4.39 Å². The number of fused-ring (bicyclic) bond motifs is 1. The smallest absolute Gasteiger partial charge is 0.332 e. The molecule has 1 unspecified atom stereocenters. The number of aromatic nitrogens is 3. The van der Waals surface area contributed by atoms with Crippen molar-refractivity contribution in [1.82, 2.24) is 19.0 Å². The van der Waals surface area contributed by atoms with Gasteiger partial charge in [0.1, 0.15) is 11.5 Å². The minimum absolute atomic E-state index is 0.00614. The van der Waals surface area contributed by atoms with Crippen molar-refractivity contribution in [3.8, 4) is 0 Å². The van der Waals surface area contributed by atoms with Crippen LogP contribution in [0.2, 0.25) is 0 Å². The summed E-state index contributed by atoms with van der Waals surface area (Å²) >= 11 is 0. The number of carbonyl (C=O) groups is 1. The lowest BCUT2D eigenvalue weighted by Crippen LogP contribution is -2.40. The Kier molecular flexibility index (Phi) is 5.24. The Hall–Kier alpha value is -3.29. The summed E-state index contributed by atoms with van der Waals surface area (Å²) < 4.78 is 15.5. The number of halogens is 1. The first-order valence-corrected chi connectivity index (χ1v) is 9.94. The molecule has 7 nitrogen and oxygen atoms in total. The average molecular weight is 410 g/mol. The van der Waals surface area contributed by atoms with Gasteiger partial charge < -0.3 is 4.90 Å². The number of carbonyl (C=O) groups excluding carboxylic acids is 1. The second-order valence-corrected chi connectivity index (χ2v) is 7.80. The first kappa shape index (κ1) is 20.0. The van der Waals surface area contributed by atoms with E-state index in [9.17, 15) is 18.8 Å². The largest absolute Gasteiger partial charge is 0.342 e. The third-order valence-corrected chi connectivity index (χ3v) is 5.78. The molecule has 1 aromatic carbocycles. The second kappa shape index (κ2) is 7.85. The molecular weight excluding hydrogens is 387 g/mol. The van der Waals surface area contributed by atoms with E-state index in [-0.39, 0.29) is 29.6 Å². The molecule has 1 saturated heterocycles. The van der Waals surface area contributed by atoms with Gasteiger partial charge in [0, 0.05) is 38.8 Å². The van der Waals surface area contributed by atoms with Gasteiger partial charge in [0.15, 0.2) is 0 Å². The van der Waals surface area contributed by atoms with Crippen LogP contribution in [-0.2, 0) is 25.3 Å². The van der Waals surface area contributed by atoms with Crippen molar-refractivity contribution in [2.24, 2.45) is 14.1 Å². The van der Waals surface area contributed by atoms with Crippen LogP contribution in [0.15, 0.2) is 46.0 Å². The summed E-state index contributed by atoms with van der Waals surface area (Å²) in [5.74, 6) is -0.302. The van der Waals surface area contributed by atoms with Crippen molar-refractivity contribution in [1.29, 1.82) is 0 Å². The van der Waals surface area contributed by atoms with E-state index >= 15 is 0 Å². The Labute approximate surface area is 172 Å². The molecule has 2 aromatic heterocycles. The molecule has 3 aromatic rings. The third-order valence-electron chi connectivity index (χ3n) is 5.78. The van der Waals surface area contributed by atoms with E-state index in [1.807, 2.05) is 11.0 Å². The van der Waals surface area contributed by atoms with Gasteiger partial charge in [-0.1, -0.05) is 12.1 Å². The van der Waals surface area contributed by atoms with E-state index in [0.29, 0.717) is 24.1 Å². The van der Waals surface area contributed by atoms with Gasteiger partial charge in [0.25, 0.3) is 5.56 Å². The summed E-state index contributed by atoms with van der Waals surface area (Å²) in [4.78, 5) is 43.8. The number of nitrogens with zero attached hydrogens (tertiary/aromatic N) is 4. The van der Waals surface area contributed by atoms with Gasteiger partial charge in [-0.05, 0) is 42.7 Å². The second-order valence-electron chi connectivity index (χ2n) is 7.80. The van der Waals surface area contributed by atoms with Crippen molar-refractivity contribution < 1.29 is 9.18 Å². The van der Waals surface area contributed by atoms with Crippen LogP contribution in [0, 0.1) is 5.82 Å². The van der Waals surface area contributed by atoms with E-state index in [4.69, 9.17) is 0 Å². The third kappa shape index (κ3) is 3.65. The standard InChI is InChI=1S/C22H23FN4O3/c1-25-20-17(21(29)26(2)22(25)30)9-10-18(24-20)15-4-3-11-27(13-15)19(28)12-14-5-7-16(23)8-6-14/h5-10,15H,3-4,11-13H2,1-2H3. The van der Waals surface area contributed by atoms with Crippen LogP contribution in [0.5, 0.6) is 0 Å². The fourth-order valence-corrected chi connectivity index (χ4v) is 4.03. The molecular formula is C22H23FN4O3. The SMILES string of the molecule is Cn1c(=O)c2ccc(C3CCCN(C(=O)Cc4ccc(F)cc4)C3)nc2n(C)c1=O. The molecule has 30 heavy (non-hydrogen) atoms. The molecule has 4 rings (SSSR count). The number of amides is 1. The Morgan fingerprint density at radius 3 is 2.57 bits per heavy atom. The first-order chi connectivity index (χ1) is 14.3. The van der Waals surface area contributed by atoms with E-state index in [2.05, 4.69) is 4.98 Å². The Bertz CT molecular complexity index is 1230. The molecule has 0 bridgehead atoms. The Morgan fingerprint density at radius 2 is 1.83 bits per heavy atom. The molecule has 156 valence electrons. The number of hydrogen-bond acceptors (Lipinski definition) is 4. The molecule has 8 heteroatoms. The molecule has 0 aliphatic carbocycles. The average Bonchev–Trinajstić information content (AvgIpc) is 2.77. The molecule has 3 heterocycles. The van der Waals surface area contributed by atoms with Gasteiger partial charge in [0.05, 0.1) is 11.8 Å². The van der Waals surface area contributed by atoms with E-state index in [1.165, 1.54) is 23.7 Å². The number of piperidine rings is 1. The van der Waals surface area contributed by atoms with Gasteiger partial charge in [-0.2, -0.15) is 0 Å². The predicted octanol–water partition coefficient (Wildman–Crippen LogP) is 1.72. The molecule has 1 atom stereocenters. The highest BCUT2D eigenvalue weighted by Crippen LogP contribution is 2.27. The summed E-state index contributed by atoms with van der Waals surface area (Å²) in [7, 11) is 3.05. The molecule has 1 aliphatic heterocycles. The van der Waals surface area contributed by atoms with Crippen LogP contribution >= 0.6 is 0 Å². The van der Waals surface area contributed by atoms with Crippen molar-refractivity contribution >= 4 is 16.9 Å². The topological polar surface area (TPSA) is 77.2 Å². The normalized spacial score (nSPS) is 16.8. The summed E-state index contributed by atoms with van der Waals surface area (Å²) in [5.41, 5.74) is 1.11. The predicted molar refractivity (Wildman–Crippen MR) is 111 cm³/mol. The van der Waals surface area contributed by atoms with Gasteiger partial charge >= 0.3 is 5.69 Å². The van der Waals surface area contributed by atoms with Crippen molar-refractivity contribution in [3.05, 3.63) is 74.3 Å². The molecule has 1 aliphatic rings. The molecule has 0 N–H and O–H groups in total. The lowest BCUT2D eigenvalue weighted by molar-refractivity contribution is -0.131. The maximum Gasteiger partial charge on any atom is 0.332 e. The van der Waals surface area contributed by atoms with Crippen molar-refractivity contribution in [2.75, 3.05) is 13.1 Å². The van der Waals surface area contributed by atoms with Crippen LogP contribution in [0.25, 0.3) is 11.0 Å². The Morgan fingerprint density at radius 1 is 1.10 bits per heavy atom. The summed E-state index contributed by atoms with van der Waals surface area (Å²) in [6, 6.07) is 9.48. The molecule has 1 amide bonds. The molecule has 0 radical (unpaired) electrons. The Balaban J connectivity index is 1.57. The summed E-state index contributed by atoms with van der Waals surface area (Å²) in [5, 5.41) is 0.392. The zero-order valence-corrected chi connectivity index (χ0v) is 17.0. The lowest BCUT2D eigenvalue weighted by atomic mass is 9.93. The molecule has 1 fully saturated rings. The summed E-state index contributed by atoms with van der Waals surface area (Å²) in [6.07, 6.45) is 1.94. The van der Waals surface area contributed by atoms with Gasteiger partial charge in [-0.25, -0.2) is 14.2 Å². The van der Waals surface area contributed by atoms with Crippen LogP contribution in [0.3, 0.4) is 0 Å². The first-order valence-electron chi connectivity index (χ1n) is 9.94. The number of aryl methyl sites for hydroxylation is 1. The number of benzene rings is 1. The van der Waals surface area contributed by atoms with Crippen molar-refractivity contribution in [2.45, 2.75) is 25.2 Å². The summed E-state index contributed by atoms with van der Waals surface area (Å²) in [6.45, 7) is 1.19. The van der Waals surface area contributed by atoms with Gasteiger partial charge in [-0.15, -0.1) is 0 Å². The molecule has 0 saturated carbocycles.